The van der Waals surface area contributed by atoms with Gasteiger partial charge in [0.2, 0.25) is 5.89 Å². The number of aliphatic hydroxyl groups is 1. The van der Waals surface area contributed by atoms with Gasteiger partial charge in [0.25, 0.3) is 10.9 Å². The van der Waals surface area contributed by atoms with Crippen molar-refractivity contribution in [3.63, 3.8) is 0 Å². The highest BCUT2D eigenvalue weighted by molar-refractivity contribution is 9.10. The lowest BCUT2D eigenvalue weighted by Gasteiger charge is -2.08. The summed E-state index contributed by atoms with van der Waals surface area (Å²) in [5.74, 6) is 0.686. The van der Waals surface area contributed by atoms with Crippen molar-refractivity contribution < 1.29 is 14.4 Å². The van der Waals surface area contributed by atoms with Gasteiger partial charge in [-0.15, -0.1) is 10.2 Å². The second kappa shape index (κ2) is 7.77. The van der Waals surface area contributed by atoms with Crippen LogP contribution in [0, 0.1) is 10.1 Å². The normalized spacial score (nSPS) is 12.1. The predicted octanol–water partition coefficient (Wildman–Crippen LogP) is 4.23. The number of hydrogen-bond donors (Lipinski definition) is 1. The number of benzene rings is 2. The predicted molar refractivity (Wildman–Crippen MR) is 96.2 cm³/mol. The van der Waals surface area contributed by atoms with E-state index in [-0.39, 0.29) is 11.4 Å². The number of thioether (sulfide) groups is 1. The van der Waals surface area contributed by atoms with Gasteiger partial charge < -0.3 is 9.52 Å². The minimum Gasteiger partial charge on any atom is -0.411 e. The molecule has 0 radical (unpaired) electrons. The number of aliphatic hydroxyl groups excluding tert-OH is 1. The van der Waals surface area contributed by atoms with Crippen molar-refractivity contribution >= 4 is 33.4 Å². The minimum absolute atomic E-state index is 0.0147. The molecule has 0 aliphatic rings. The lowest BCUT2D eigenvalue weighted by molar-refractivity contribution is -0.384. The van der Waals surface area contributed by atoms with Crippen molar-refractivity contribution in [3.05, 3.63) is 68.7 Å². The van der Waals surface area contributed by atoms with Crippen LogP contribution in [0.15, 0.2) is 62.6 Å². The SMILES string of the molecule is O=[N+]([O-])c1ccc([C@@H](O)CSc2nnc(-c3cccc(Br)c3)o2)cc1. The van der Waals surface area contributed by atoms with Crippen molar-refractivity contribution in [2.45, 2.75) is 11.3 Å². The molecule has 2 aromatic carbocycles. The topological polar surface area (TPSA) is 102 Å². The van der Waals surface area contributed by atoms with E-state index in [1.54, 1.807) is 0 Å². The highest BCUT2D eigenvalue weighted by atomic mass is 79.9. The molecular weight excluding hydrogens is 410 g/mol. The van der Waals surface area contributed by atoms with E-state index in [1.165, 1.54) is 36.0 Å². The van der Waals surface area contributed by atoms with Crippen LogP contribution in [0.25, 0.3) is 11.5 Å². The summed E-state index contributed by atoms with van der Waals surface area (Å²) >= 11 is 4.60. The number of halogens is 1. The molecule has 0 bridgehead atoms. The molecule has 0 saturated carbocycles. The Kier molecular flexibility index (Phi) is 5.47. The second-order valence-electron chi connectivity index (χ2n) is 5.06. The molecule has 1 N–H and O–H groups in total. The van der Waals surface area contributed by atoms with Crippen LogP contribution < -0.4 is 0 Å². The van der Waals surface area contributed by atoms with E-state index in [2.05, 4.69) is 26.1 Å². The Labute approximate surface area is 155 Å². The van der Waals surface area contributed by atoms with Gasteiger partial charge in [0.05, 0.1) is 11.0 Å². The van der Waals surface area contributed by atoms with Crippen molar-refractivity contribution in [1.29, 1.82) is 0 Å². The van der Waals surface area contributed by atoms with Gasteiger partial charge in [-0.25, -0.2) is 0 Å². The molecule has 0 saturated heterocycles. The van der Waals surface area contributed by atoms with E-state index in [4.69, 9.17) is 4.42 Å². The van der Waals surface area contributed by atoms with Gasteiger partial charge >= 0.3 is 0 Å². The van der Waals surface area contributed by atoms with Crippen molar-refractivity contribution in [3.8, 4) is 11.5 Å². The zero-order valence-corrected chi connectivity index (χ0v) is 15.1. The fourth-order valence-corrected chi connectivity index (χ4v) is 3.20. The summed E-state index contributed by atoms with van der Waals surface area (Å²) in [5, 5.41) is 29.1. The first-order valence-corrected chi connectivity index (χ1v) is 8.95. The quantitative estimate of drug-likeness (QED) is 0.360. The molecule has 1 aromatic heterocycles. The van der Waals surface area contributed by atoms with Gasteiger partial charge in [0, 0.05) is 27.9 Å². The standard InChI is InChI=1S/C16H12BrN3O4S/c17-12-3-1-2-11(8-12)15-18-19-16(24-15)25-9-14(21)10-4-6-13(7-5-10)20(22)23/h1-8,14,21H,9H2/t14-/m0/s1. The maximum Gasteiger partial charge on any atom is 0.276 e. The number of nitrogens with zero attached hydrogens (tertiary/aromatic N) is 3. The number of aromatic nitrogens is 2. The Morgan fingerprint density at radius 2 is 2.00 bits per heavy atom. The van der Waals surface area contributed by atoms with E-state index in [9.17, 15) is 15.2 Å². The molecule has 3 rings (SSSR count). The van der Waals surface area contributed by atoms with Crippen LogP contribution in [0.5, 0.6) is 0 Å². The Morgan fingerprint density at radius 1 is 1.24 bits per heavy atom. The van der Waals surface area contributed by atoms with Crippen molar-refractivity contribution in [2.24, 2.45) is 0 Å². The summed E-state index contributed by atoms with van der Waals surface area (Å²) in [6.45, 7) is 0. The lowest BCUT2D eigenvalue weighted by atomic mass is 10.1. The number of nitro benzene ring substituents is 1. The first-order valence-electron chi connectivity index (χ1n) is 7.17. The Balaban J connectivity index is 1.62. The summed E-state index contributed by atoms with van der Waals surface area (Å²) < 4.78 is 6.49. The van der Waals surface area contributed by atoms with Crippen LogP contribution in [0.4, 0.5) is 5.69 Å². The number of hydrogen-bond acceptors (Lipinski definition) is 7. The van der Waals surface area contributed by atoms with Gasteiger partial charge in [-0.1, -0.05) is 33.8 Å². The Hall–Kier alpha value is -2.23. The molecule has 128 valence electrons. The molecule has 0 spiro atoms. The Morgan fingerprint density at radius 3 is 2.68 bits per heavy atom. The first kappa shape index (κ1) is 17.6. The van der Waals surface area contributed by atoms with E-state index >= 15 is 0 Å². The average Bonchev–Trinajstić information content (AvgIpc) is 3.09. The van der Waals surface area contributed by atoms with Crippen LogP contribution in [0.2, 0.25) is 0 Å². The molecule has 25 heavy (non-hydrogen) atoms. The minimum atomic E-state index is -0.799. The molecule has 0 unspecified atom stereocenters. The van der Waals surface area contributed by atoms with Crippen LogP contribution >= 0.6 is 27.7 Å². The zero-order valence-electron chi connectivity index (χ0n) is 12.7. The monoisotopic (exact) mass is 421 g/mol. The maximum atomic E-state index is 10.6. The Bertz CT molecular complexity index is 885. The van der Waals surface area contributed by atoms with Crippen LogP contribution in [-0.4, -0.2) is 26.0 Å². The number of rotatable bonds is 6. The zero-order chi connectivity index (χ0) is 17.8. The smallest absolute Gasteiger partial charge is 0.276 e. The molecule has 1 atom stereocenters. The number of non-ortho nitro benzene ring substituents is 1. The fraction of sp³-hybridized carbons (Fsp3) is 0.125. The number of nitro groups is 1. The van der Waals surface area contributed by atoms with Crippen LogP contribution in [0.1, 0.15) is 11.7 Å². The lowest BCUT2D eigenvalue weighted by Crippen LogP contribution is -2.00. The molecule has 9 heteroatoms. The summed E-state index contributed by atoms with van der Waals surface area (Å²) in [4.78, 5) is 10.2. The van der Waals surface area contributed by atoms with E-state index in [0.29, 0.717) is 16.7 Å². The van der Waals surface area contributed by atoms with E-state index in [0.717, 1.165) is 10.0 Å². The van der Waals surface area contributed by atoms with Crippen LogP contribution in [-0.2, 0) is 0 Å². The van der Waals surface area contributed by atoms with Crippen molar-refractivity contribution in [1.82, 2.24) is 10.2 Å². The molecule has 0 aliphatic carbocycles. The fourth-order valence-electron chi connectivity index (χ4n) is 2.07. The van der Waals surface area contributed by atoms with Gasteiger partial charge in [-0.05, 0) is 35.9 Å². The largest absolute Gasteiger partial charge is 0.411 e. The molecule has 3 aromatic rings. The van der Waals surface area contributed by atoms with Gasteiger partial charge in [0.1, 0.15) is 0 Å². The summed E-state index contributed by atoms with van der Waals surface area (Å²) in [5.41, 5.74) is 1.37. The summed E-state index contributed by atoms with van der Waals surface area (Å²) in [7, 11) is 0. The second-order valence-corrected chi connectivity index (χ2v) is 6.95. The molecule has 7 nitrogen and oxygen atoms in total. The molecule has 0 fully saturated rings. The molecular formula is C16H12BrN3O4S. The summed E-state index contributed by atoms with van der Waals surface area (Å²) in [6, 6.07) is 13.3. The third-order valence-electron chi connectivity index (χ3n) is 3.33. The van der Waals surface area contributed by atoms with E-state index < -0.39 is 11.0 Å². The average molecular weight is 422 g/mol. The maximum absolute atomic E-state index is 10.6. The molecule has 0 aliphatic heterocycles. The van der Waals surface area contributed by atoms with Gasteiger partial charge in [-0.2, -0.15) is 0 Å². The first-order chi connectivity index (χ1) is 12.0. The van der Waals surface area contributed by atoms with E-state index in [1.807, 2.05) is 24.3 Å². The highest BCUT2D eigenvalue weighted by Gasteiger charge is 2.14. The summed E-state index contributed by atoms with van der Waals surface area (Å²) in [6.07, 6.45) is -0.799. The third-order valence-corrected chi connectivity index (χ3v) is 4.72. The van der Waals surface area contributed by atoms with Crippen LogP contribution in [0.3, 0.4) is 0 Å². The molecule has 1 heterocycles. The van der Waals surface area contributed by atoms with Gasteiger partial charge in [0.15, 0.2) is 0 Å². The van der Waals surface area contributed by atoms with Gasteiger partial charge in [-0.3, -0.25) is 10.1 Å². The third kappa shape index (κ3) is 4.44. The highest BCUT2D eigenvalue weighted by Crippen LogP contribution is 2.28. The molecule has 0 amide bonds. The van der Waals surface area contributed by atoms with Crippen molar-refractivity contribution in [2.75, 3.05) is 5.75 Å².